The number of rotatable bonds is 2. The van der Waals surface area contributed by atoms with Gasteiger partial charge in [0.05, 0.1) is 6.20 Å². The summed E-state index contributed by atoms with van der Waals surface area (Å²) in [6, 6.07) is 4.06. The Hall–Kier alpha value is -1.78. The molecular weight excluding hydrogens is 202 g/mol. The number of imidazole rings is 1. The summed E-state index contributed by atoms with van der Waals surface area (Å²) < 4.78 is 1.85. The molecule has 0 unspecified atom stereocenters. The third-order valence-corrected chi connectivity index (χ3v) is 3.03. The first-order valence-electron chi connectivity index (χ1n) is 5.66. The molecule has 0 bridgehead atoms. The molecule has 2 aromatic rings. The Labute approximate surface area is 94.1 Å². The van der Waals surface area contributed by atoms with Gasteiger partial charge in [0.2, 0.25) is 0 Å². The summed E-state index contributed by atoms with van der Waals surface area (Å²) in [6.07, 6.45) is 4.33. The Kier molecular flexibility index (Phi) is 2.16. The van der Waals surface area contributed by atoms with E-state index in [1.807, 2.05) is 23.7 Å². The molecule has 5 heteroatoms. The average molecular weight is 217 g/mol. The summed E-state index contributed by atoms with van der Waals surface area (Å²) in [4.78, 5) is 6.59. The first kappa shape index (κ1) is 9.45. The predicted octanol–water partition coefficient (Wildman–Crippen LogP) is 1.37. The zero-order chi connectivity index (χ0) is 11.0. The zero-order valence-electron chi connectivity index (χ0n) is 9.35. The van der Waals surface area contributed by atoms with Crippen molar-refractivity contribution in [1.29, 1.82) is 0 Å². The van der Waals surface area contributed by atoms with Crippen LogP contribution in [0.2, 0.25) is 0 Å². The minimum Gasteiger partial charge on any atom is -0.372 e. The highest BCUT2D eigenvalue weighted by atomic mass is 15.4. The van der Waals surface area contributed by atoms with Crippen LogP contribution in [0, 0.1) is 0 Å². The van der Waals surface area contributed by atoms with Crippen LogP contribution in [0.25, 0.3) is 5.65 Å². The predicted molar refractivity (Wildman–Crippen MR) is 64.0 cm³/mol. The number of nitrogens with one attached hydrogen (secondary N) is 1. The maximum atomic E-state index is 4.61. The molecule has 1 fully saturated rings. The molecule has 16 heavy (non-hydrogen) atoms. The average Bonchev–Trinajstić information content (AvgIpc) is 2.97. The van der Waals surface area contributed by atoms with Gasteiger partial charge < -0.3 is 10.2 Å². The van der Waals surface area contributed by atoms with Gasteiger partial charge in [-0.1, -0.05) is 0 Å². The van der Waals surface area contributed by atoms with E-state index in [0.717, 1.165) is 30.4 Å². The summed E-state index contributed by atoms with van der Waals surface area (Å²) in [5, 5.41) is 7.69. The topological polar surface area (TPSA) is 45.5 Å². The van der Waals surface area contributed by atoms with E-state index in [1.165, 1.54) is 12.8 Å². The van der Waals surface area contributed by atoms with Gasteiger partial charge in [0.15, 0.2) is 5.65 Å². The lowest BCUT2D eigenvalue weighted by molar-refractivity contribution is 0.862. The highest BCUT2D eigenvalue weighted by Crippen LogP contribution is 2.19. The van der Waals surface area contributed by atoms with Gasteiger partial charge in [0.25, 0.3) is 0 Å². The first-order valence-corrected chi connectivity index (χ1v) is 5.66. The van der Waals surface area contributed by atoms with Crippen molar-refractivity contribution >= 4 is 17.3 Å². The number of anilines is 2. The van der Waals surface area contributed by atoms with Gasteiger partial charge in [0, 0.05) is 20.1 Å². The van der Waals surface area contributed by atoms with E-state index in [-0.39, 0.29) is 0 Å². The highest BCUT2D eigenvalue weighted by molar-refractivity contribution is 5.52. The Morgan fingerprint density at radius 3 is 2.81 bits per heavy atom. The monoisotopic (exact) mass is 217 g/mol. The zero-order valence-corrected chi connectivity index (χ0v) is 9.35. The van der Waals surface area contributed by atoms with Gasteiger partial charge in [-0.15, -0.1) is 5.10 Å². The van der Waals surface area contributed by atoms with E-state index in [2.05, 4.69) is 20.3 Å². The molecule has 0 radical (unpaired) electrons. The minimum absolute atomic E-state index is 0.882. The first-order chi connectivity index (χ1) is 7.88. The molecule has 3 rings (SSSR count). The number of hydrogen-bond acceptors (Lipinski definition) is 4. The van der Waals surface area contributed by atoms with E-state index >= 15 is 0 Å². The smallest absolute Gasteiger partial charge is 0.156 e. The normalized spacial score (nSPS) is 15.9. The SMILES string of the molecule is CNc1cnc2ccc(N3CCCC3)nn12. The highest BCUT2D eigenvalue weighted by Gasteiger charge is 2.14. The largest absolute Gasteiger partial charge is 0.372 e. The Balaban J connectivity index is 2.06. The van der Waals surface area contributed by atoms with Crippen molar-refractivity contribution in [2.45, 2.75) is 12.8 Å². The van der Waals surface area contributed by atoms with Crippen molar-refractivity contribution in [1.82, 2.24) is 14.6 Å². The van der Waals surface area contributed by atoms with E-state index in [9.17, 15) is 0 Å². The van der Waals surface area contributed by atoms with Gasteiger partial charge in [-0.05, 0) is 25.0 Å². The Morgan fingerprint density at radius 1 is 1.25 bits per heavy atom. The number of nitrogens with zero attached hydrogens (tertiary/aromatic N) is 4. The second kappa shape index (κ2) is 3.66. The molecule has 0 spiro atoms. The van der Waals surface area contributed by atoms with Crippen LogP contribution in [-0.4, -0.2) is 34.7 Å². The fourth-order valence-corrected chi connectivity index (χ4v) is 2.15. The number of aromatic nitrogens is 3. The molecule has 5 nitrogen and oxygen atoms in total. The van der Waals surface area contributed by atoms with Crippen molar-refractivity contribution in [3.8, 4) is 0 Å². The molecule has 1 aliphatic heterocycles. The van der Waals surface area contributed by atoms with Crippen LogP contribution in [0.1, 0.15) is 12.8 Å². The molecule has 84 valence electrons. The maximum absolute atomic E-state index is 4.61. The number of hydrogen-bond donors (Lipinski definition) is 1. The van der Waals surface area contributed by atoms with Crippen LogP contribution < -0.4 is 10.2 Å². The van der Waals surface area contributed by atoms with Crippen LogP contribution in [0.5, 0.6) is 0 Å². The Morgan fingerprint density at radius 2 is 2.06 bits per heavy atom. The van der Waals surface area contributed by atoms with Crippen molar-refractivity contribution in [3.63, 3.8) is 0 Å². The van der Waals surface area contributed by atoms with Crippen molar-refractivity contribution in [3.05, 3.63) is 18.3 Å². The van der Waals surface area contributed by atoms with E-state index < -0.39 is 0 Å². The minimum atomic E-state index is 0.882. The molecule has 0 aliphatic carbocycles. The second-order valence-electron chi connectivity index (χ2n) is 4.05. The molecule has 0 saturated carbocycles. The second-order valence-corrected chi connectivity index (χ2v) is 4.05. The molecule has 0 aromatic carbocycles. The van der Waals surface area contributed by atoms with Crippen molar-refractivity contribution in [2.75, 3.05) is 30.4 Å². The molecule has 1 N–H and O–H groups in total. The van der Waals surface area contributed by atoms with Crippen LogP contribution in [0.15, 0.2) is 18.3 Å². The van der Waals surface area contributed by atoms with Gasteiger partial charge in [-0.25, -0.2) is 4.98 Å². The Bertz CT molecular complexity index is 498. The quantitative estimate of drug-likeness (QED) is 0.825. The van der Waals surface area contributed by atoms with E-state index in [4.69, 9.17) is 0 Å². The molecule has 2 aromatic heterocycles. The molecule has 3 heterocycles. The van der Waals surface area contributed by atoms with Crippen molar-refractivity contribution in [2.24, 2.45) is 0 Å². The van der Waals surface area contributed by atoms with Gasteiger partial charge in [0.1, 0.15) is 11.6 Å². The summed E-state index contributed by atoms with van der Waals surface area (Å²) in [6.45, 7) is 2.23. The van der Waals surface area contributed by atoms with Crippen LogP contribution >= 0.6 is 0 Å². The lowest BCUT2D eigenvalue weighted by atomic mass is 10.4. The van der Waals surface area contributed by atoms with Gasteiger partial charge in [-0.3, -0.25) is 0 Å². The fourth-order valence-electron chi connectivity index (χ4n) is 2.15. The van der Waals surface area contributed by atoms with Crippen LogP contribution in [0.3, 0.4) is 0 Å². The van der Waals surface area contributed by atoms with E-state index in [1.54, 1.807) is 6.20 Å². The molecule has 1 saturated heterocycles. The molecule has 0 atom stereocenters. The third kappa shape index (κ3) is 1.39. The fraction of sp³-hybridized carbons (Fsp3) is 0.455. The molecular formula is C11H15N5. The summed E-state index contributed by atoms with van der Waals surface area (Å²) in [5.74, 6) is 1.97. The molecule has 1 aliphatic rings. The summed E-state index contributed by atoms with van der Waals surface area (Å²) in [5.41, 5.74) is 0.882. The standard InChI is InChI=1S/C11H15N5/c1-12-11-8-13-9-4-5-10(14-16(9)11)15-6-2-3-7-15/h4-5,8,12H,2-3,6-7H2,1H3. The third-order valence-electron chi connectivity index (χ3n) is 3.03. The van der Waals surface area contributed by atoms with Gasteiger partial charge in [-0.2, -0.15) is 4.52 Å². The lowest BCUT2D eigenvalue weighted by Gasteiger charge is -2.16. The van der Waals surface area contributed by atoms with Crippen LogP contribution in [-0.2, 0) is 0 Å². The van der Waals surface area contributed by atoms with E-state index in [0.29, 0.717) is 0 Å². The maximum Gasteiger partial charge on any atom is 0.156 e. The number of fused-ring (bicyclic) bond motifs is 1. The summed E-state index contributed by atoms with van der Waals surface area (Å²) in [7, 11) is 1.88. The molecule has 0 amide bonds. The lowest BCUT2D eigenvalue weighted by Crippen LogP contribution is -2.20. The van der Waals surface area contributed by atoms with Gasteiger partial charge >= 0.3 is 0 Å². The summed E-state index contributed by atoms with van der Waals surface area (Å²) >= 11 is 0. The van der Waals surface area contributed by atoms with Crippen LogP contribution in [0.4, 0.5) is 11.6 Å². The van der Waals surface area contributed by atoms with Crippen molar-refractivity contribution < 1.29 is 0 Å².